The first kappa shape index (κ1) is 22.9. The number of carbonyl (C=O) groups excluding carboxylic acids is 2. The van der Waals surface area contributed by atoms with Gasteiger partial charge in [-0.05, 0) is 6.92 Å². The fourth-order valence-corrected chi connectivity index (χ4v) is 1.52. The average Bonchev–Trinajstić information content (AvgIpc) is 2.55. The Bertz CT molecular complexity index is 313. The van der Waals surface area contributed by atoms with Gasteiger partial charge in [0.2, 0.25) is 5.91 Å². The van der Waals surface area contributed by atoms with Crippen LogP contribution < -0.4 is 5.32 Å². The lowest BCUT2D eigenvalue weighted by Crippen LogP contribution is -2.28. The van der Waals surface area contributed by atoms with E-state index in [1.807, 2.05) is 0 Å². The van der Waals surface area contributed by atoms with Gasteiger partial charge < -0.3 is 29.0 Å². The zero-order valence-electron chi connectivity index (χ0n) is 14.8. The van der Waals surface area contributed by atoms with Crippen LogP contribution in [-0.4, -0.2) is 84.8 Å². The van der Waals surface area contributed by atoms with Crippen LogP contribution in [0.4, 0.5) is 0 Å². The Morgan fingerprint density at radius 1 is 0.708 bits per heavy atom. The van der Waals surface area contributed by atoms with Crippen molar-refractivity contribution in [3.05, 3.63) is 0 Å². The molecule has 0 fully saturated rings. The van der Waals surface area contributed by atoms with Crippen molar-refractivity contribution in [2.45, 2.75) is 19.8 Å². The fourth-order valence-electron chi connectivity index (χ4n) is 1.52. The van der Waals surface area contributed by atoms with E-state index in [0.29, 0.717) is 78.8 Å². The van der Waals surface area contributed by atoms with Crippen LogP contribution in [0.3, 0.4) is 0 Å². The summed E-state index contributed by atoms with van der Waals surface area (Å²) >= 11 is 0. The summed E-state index contributed by atoms with van der Waals surface area (Å²) in [5.74, 6) is 0.0397. The number of hydrogen-bond donors (Lipinski definition) is 1. The first-order valence-corrected chi connectivity index (χ1v) is 8.23. The van der Waals surface area contributed by atoms with E-state index in [1.54, 1.807) is 7.11 Å². The lowest BCUT2D eigenvalue weighted by molar-refractivity contribution is -0.122. The summed E-state index contributed by atoms with van der Waals surface area (Å²) in [4.78, 5) is 22.2. The van der Waals surface area contributed by atoms with Gasteiger partial charge in [-0.15, -0.1) is 0 Å². The number of carbonyl (C=O) groups is 2. The normalized spacial score (nSPS) is 10.8. The highest BCUT2D eigenvalue weighted by Gasteiger charge is 2.00. The van der Waals surface area contributed by atoms with Gasteiger partial charge in [-0.2, -0.15) is 0 Å². The van der Waals surface area contributed by atoms with Crippen LogP contribution in [0.25, 0.3) is 0 Å². The van der Waals surface area contributed by atoms with E-state index in [9.17, 15) is 9.59 Å². The van der Waals surface area contributed by atoms with Crippen LogP contribution in [0.15, 0.2) is 0 Å². The summed E-state index contributed by atoms with van der Waals surface area (Å²) in [6.45, 7) is 6.15. The number of Topliss-reactive ketones (excluding diaryl/α,β-unsaturated/α-hetero) is 1. The minimum atomic E-state index is -0.0726. The summed E-state index contributed by atoms with van der Waals surface area (Å²) in [7, 11) is 1.62. The van der Waals surface area contributed by atoms with Crippen LogP contribution in [0.2, 0.25) is 0 Å². The van der Waals surface area contributed by atoms with Crippen molar-refractivity contribution in [1.82, 2.24) is 5.32 Å². The molecule has 0 radical (unpaired) electrons. The summed E-state index contributed by atoms with van der Waals surface area (Å²) in [6, 6.07) is 0. The Balaban J connectivity index is 3.17. The van der Waals surface area contributed by atoms with Crippen molar-refractivity contribution in [1.29, 1.82) is 0 Å². The fraction of sp³-hybridized carbons (Fsp3) is 0.875. The van der Waals surface area contributed by atoms with Crippen molar-refractivity contribution < 1.29 is 33.3 Å². The molecular formula is C16H31NO7. The molecule has 0 saturated carbocycles. The summed E-state index contributed by atoms with van der Waals surface area (Å²) in [5.41, 5.74) is 0. The van der Waals surface area contributed by atoms with E-state index in [1.165, 1.54) is 6.92 Å². The van der Waals surface area contributed by atoms with E-state index in [-0.39, 0.29) is 11.7 Å². The van der Waals surface area contributed by atoms with Gasteiger partial charge >= 0.3 is 0 Å². The molecule has 0 bridgehead atoms. The van der Waals surface area contributed by atoms with Crippen LogP contribution >= 0.6 is 0 Å². The molecule has 0 aliphatic heterocycles. The highest BCUT2D eigenvalue weighted by molar-refractivity contribution is 5.76. The van der Waals surface area contributed by atoms with Crippen molar-refractivity contribution in [2.24, 2.45) is 0 Å². The van der Waals surface area contributed by atoms with Gasteiger partial charge in [-0.25, -0.2) is 0 Å². The van der Waals surface area contributed by atoms with Crippen molar-refractivity contribution in [3.8, 4) is 0 Å². The Morgan fingerprint density at radius 2 is 1.21 bits per heavy atom. The Hall–Kier alpha value is -1.06. The zero-order chi connectivity index (χ0) is 17.9. The summed E-state index contributed by atoms with van der Waals surface area (Å²) in [5, 5.41) is 2.74. The number of ether oxygens (including phenoxy) is 5. The standard InChI is InChI=1S/C16H31NO7/c1-15(18)3-6-21-11-13-23-8-5-17-16(19)4-7-22-12-14-24-10-9-20-2/h3-14H2,1-2H3,(H,17,19). The predicted octanol–water partition coefficient (Wildman–Crippen LogP) is 0.185. The van der Waals surface area contributed by atoms with Crippen LogP contribution in [0, 0.1) is 0 Å². The molecule has 8 heteroatoms. The number of amides is 1. The van der Waals surface area contributed by atoms with Crippen LogP contribution in [-0.2, 0) is 33.3 Å². The first-order chi connectivity index (χ1) is 11.7. The van der Waals surface area contributed by atoms with E-state index in [2.05, 4.69) is 5.32 Å². The van der Waals surface area contributed by atoms with E-state index >= 15 is 0 Å². The molecule has 0 saturated heterocycles. The van der Waals surface area contributed by atoms with E-state index < -0.39 is 0 Å². The number of methoxy groups -OCH3 is 1. The molecule has 1 N–H and O–H groups in total. The van der Waals surface area contributed by atoms with Gasteiger partial charge in [-0.1, -0.05) is 0 Å². The summed E-state index contributed by atoms with van der Waals surface area (Å²) < 4.78 is 25.9. The number of nitrogens with one attached hydrogen (secondary N) is 1. The number of ketones is 1. The van der Waals surface area contributed by atoms with Crippen molar-refractivity contribution in [3.63, 3.8) is 0 Å². The number of hydrogen-bond acceptors (Lipinski definition) is 7. The molecule has 0 aliphatic carbocycles. The molecule has 0 atom stereocenters. The van der Waals surface area contributed by atoms with Gasteiger partial charge in [-0.3, -0.25) is 9.59 Å². The van der Waals surface area contributed by atoms with Crippen molar-refractivity contribution >= 4 is 11.7 Å². The molecule has 0 heterocycles. The highest BCUT2D eigenvalue weighted by Crippen LogP contribution is 1.87. The molecule has 0 aromatic carbocycles. The minimum Gasteiger partial charge on any atom is -0.382 e. The van der Waals surface area contributed by atoms with E-state index in [4.69, 9.17) is 23.7 Å². The topological polar surface area (TPSA) is 92.3 Å². The third-order valence-electron chi connectivity index (χ3n) is 2.82. The lowest BCUT2D eigenvalue weighted by Gasteiger charge is -2.08. The molecule has 8 nitrogen and oxygen atoms in total. The lowest BCUT2D eigenvalue weighted by atomic mass is 10.3. The Kier molecular flexibility index (Phi) is 17.5. The van der Waals surface area contributed by atoms with Gasteiger partial charge in [0.1, 0.15) is 5.78 Å². The van der Waals surface area contributed by atoms with Gasteiger partial charge in [0.15, 0.2) is 0 Å². The second-order valence-corrected chi connectivity index (χ2v) is 4.99. The predicted molar refractivity (Wildman–Crippen MR) is 88.1 cm³/mol. The molecule has 0 spiro atoms. The van der Waals surface area contributed by atoms with Crippen LogP contribution in [0.1, 0.15) is 19.8 Å². The maximum absolute atomic E-state index is 11.5. The molecule has 0 aromatic heterocycles. The number of rotatable bonds is 18. The SMILES string of the molecule is COCCOCCOCCC(=O)NCCOCCOCCC(C)=O. The average molecular weight is 349 g/mol. The monoisotopic (exact) mass is 349 g/mol. The van der Waals surface area contributed by atoms with Gasteiger partial charge in [0.05, 0.1) is 59.5 Å². The maximum Gasteiger partial charge on any atom is 0.222 e. The molecule has 24 heavy (non-hydrogen) atoms. The third kappa shape index (κ3) is 19.0. The van der Waals surface area contributed by atoms with Crippen LogP contribution in [0.5, 0.6) is 0 Å². The molecule has 0 unspecified atom stereocenters. The molecular weight excluding hydrogens is 318 g/mol. The second kappa shape index (κ2) is 18.3. The third-order valence-corrected chi connectivity index (χ3v) is 2.82. The Morgan fingerprint density at radius 3 is 1.79 bits per heavy atom. The molecule has 142 valence electrons. The van der Waals surface area contributed by atoms with Gasteiger partial charge in [0.25, 0.3) is 0 Å². The minimum absolute atomic E-state index is 0.0726. The second-order valence-electron chi connectivity index (χ2n) is 4.99. The smallest absolute Gasteiger partial charge is 0.222 e. The zero-order valence-corrected chi connectivity index (χ0v) is 14.8. The molecule has 0 rings (SSSR count). The largest absolute Gasteiger partial charge is 0.382 e. The molecule has 1 amide bonds. The Labute approximate surface area is 144 Å². The highest BCUT2D eigenvalue weighted by atomic mass is 16.5. The van der Waals surface area contributed by atoms with Crippen molar-refractivity contribution in [2.75, 3.05) is 73.1 Å². The van der Waals surface area contributed by atoms with Gasteiger partial charge in [0, 0.05) is 26.5 Å². The first-order valence-electron chi connectivity index (χ1n) is 8.23. The quantitative estimate of drug-likeness (QED) is 0.353. The maximum atomic E-state index is 11.5. The summed E-state index contributed by atoms with van der Waals surface area (Å²) in [6.07, 6.45) is 0.740. The molecule has 0 aromatic rings. The van der Waals surface area contributed by atoms with E-state index in [0.717, 1.165) is 0 Å². The molecule has 0 aliphatic rings.